The fourth-order valence-electron chi connectivity index (χ4n) is 2.21. The Hall–Kier alpha value is -2.24. The molecule has 114 valence electrons. The van der Waals surface area contributed by atoms with Crippen molar-refractivity contribution in [2.24, 2.45) is 0 Å². The van der Waals surface area contributed by atoms with Crippen LogP contribution in [0.2, 0.25) is 0 Å². The van der Waals surface area contributed by atoms with E-state index < -0.39 is 12.2 Å². The quantitative estimate of drug-likeness (QED) is 0.869. The molecule has 6 nitrogen and oxygen atoms in total. The van der Waals surface area contributed by atoms with Gasteiger partial charge in [0.25, 0.3) is 0 Å². The van der Waals surface area contributed by atoms with E-state index in [-0.39, 0.29) is 6.54 Å². The molecule has 1 fully saturated rings. The number of benzene rings is 1. The lowest BCUT2D eigenvalue weighted by molar-refractivity contribution is 0.111. The minimum Gasteiger partial charge on any atom is -0.497 e. The molecule has 1 heterocycles. The molecule has 0 spiro atoms. The zero-order chi connectivity index (χ0) is 15.1. The van der Waals surface area contributed by atoms with Gasteiger partial charge in [-0.1, -0.05) is 12.1 Å². The van der Waals surface area contributed by atoms with Crippen LogP contribution in [0.4, 0.5) is 9.59 Å². The molecule has 1 saturated heterocycles. The summed E-state index contributed by atoms with van der Waals surface area (Å²) < 4.78 is 9.87. The van der Waals surface area contributed by atoms with Crippen molar-refractivity contribution < 1.29 is 19.1 Å². The van der Waals surface area contributed by atoms with Crippen molar-refractivity contribution in [1.82, 2.24) is 10.2 Å². The van der Waals surface area contributed by atoms with Gasteiger partial charge >= 0.3 is 12.2 Å². The maximum absolute atomic E-state index is 11.7. The molecule has 21 heavy (non-hydrogen) atoms. The average Bonchev–Trinajstić information content (AvgIpc) is 2.54. The van der Waals surface area contributed by atoms with Crippen LogP contribution in [0.5, 0.6) is 5.75 Å². The lowest BCUT2D eigenvalue weighted by Crippen LogP contribution is -2.39. The Morgan fingerprint density at radius 3 is 2.71 bits per heavy atom. The van der Waals surface area contributed by atoms with Gasteiger partial charge in [-0.2, -0.15) is 0 Å². The predicted molar refractivity (Wildman–Crippen MR) is 77.1 cm³/mol. The molecule has 0 aromatic heterocycles. The summed E-state index contributed by atoms with van der Waals surface area (Å²) in [5.74, 6) is 0.715. The molecule has 0 atom stereocenters. The highest BCUT2D eigenvalue weighted by Gasteiger charge is 2.20. The van der Waals surface area contributed by atoms with Crippen LogP contribution in [0.1, 0.15) is 24.8 Å². The van der Waals surface area contributed by atoms with E-state index in [4.69, 9.17) is 9.47 Å². The monoisotopic (exact) mass is 292 g/mol. The summed E-state index contributed by atoms with van der Waals surface area (Å²) in [5.41, 5.74) is 0.872. The Kier molecular flexibility index (Phi) is 5.43. The van der Waals surface area contributed by atoms with E-state index in [0.717, 1.165) is 24.8 Å². The Balaban J connectivity index is 1.77. The molecule has 1 aromatic carbocycles. The molecule has 6 heteroatoms. The summed E-state index contributed by atoms with van der Waals surface area (Å²) in [6.07, 6.45) is 1.73. The summed E-state index contributed by atoms with van der Waals surface area (Å²) in [7, 11) is 1.58. The van der Waals surface area contributed by atoms with Gasteiger partial charge < -0.3 is 19.7 Å². The van der Waals surface area contributed by atoms with Gasteiger partial charge in [0.05, 0.1) is 7.11 Å². The Morgan fingerprint density at radius 2 is 2.00 bits per heavy atom. The van der Waals surface area contributed by atoms with E-state index in [2.05, 4.69) is 5.32 Å². The summed E-state index contributed by atoms with van der Waals surface area (Å²) in [4.78, 5) is 24.9. The Labute approximate surface area is 124 Å². The summed E-state index contributed by atoms with van der Waals surface area (Å²) >= 11 is 0. The van der Waals surface area contributed by atoms with E-state index in [0.29, 0.717) is 18.8 Å². The second-order valence-corrected chi connectivity index (χ2v) is 4.91. The van der Waals surface area contributed by atoms with E-state index in [9.17, 15) is 9.59 Å². The number of amides is 2. The number of nitrogens with zero attached hydrogens (tertiary/aromatic N) is 1. The molecule has 0 unspecified atom stereocenters. The first-order chi connectivity index (χ1) is 10.2. The van der Waals surface area contributed by atoms with Gasteiger partial charge in [0.2, 0.25) is 0 Å². The fraction of sp³-hybridized carbons (Fsp3) is 0.467. The number of carbonyl (C=O) groups is 2. The smallest absolute Gasteiger partial charge is 0.418 e. The van der Waals surface area contributed by atoms with Crippen molar-refractivity contribution in [2.45, 2.75) is 25.8 Å². The molecule has 2 rings (SSSR count). The van der Waals surface area contributed by atoms with Crippen molar-refractivity contribution in [3.05, 3.63) is 29.8 Å². The van der Waals surface area contributed by atoms with Crippen LogP contribution >= 0.6 is 0 Å². The van der Waals surface area contributed by atoms with Gasteiger partial charge in [0.1, 0.15) is 5.75 Å². The molecule has 0 aliphatic carbocycles. The number of likely N-dealkylation sites (tertiary alicyclic amines) is 1. The number of hydrogen-bond donors (Lipinski definition) is 1. The van der Waals surface area contributed by atoms with Crippen LogP contribution in [0.3, 0.4) is 0 Å². The van der Waals surface area contributed by atoms with Crippen molar-refractivity contribution in [1.29, 1.82) is 0 Å². The molecule has 0 radical (unpaired) electrons. The first-order valence-corrected chi connectivity index (χ1v) is 7.06. The number of nitrogens with one attached hydrogen (secondary N) is 1. The van der Waals surface area contributed by atoms with Crippen molar-refractivity contribution in [3.63, 3.8) is 0 Å². The first-order valence-electron chi connectivity index (χ1n) is 7.06. The zero-order valence-corrected chi connectivity index (χ0v) is 12.1. The van der Waals surface area contributed by atoms with Crippen LogP contribution in [-0.2, 0) is 11.3 Å². The molecular weight excluding hydrogens is 272 g/mol. The number of ether oxygens (including phenoxy) is 2. The number of hydrogen-bond acceptors (Lipinski definition) is 4. The lowest BCUT2D eigenvalue weighted by atomic mass is 10.1. The van der Waals surface area contributed by atoms with Gasteiger partial charge in [-0.05, 0) is 37.0 Å². The van der Waals surface area contributed by atoms with Gasteiger partial charge in [-0.25, -0.2) is 9.59 Å². The third-order valence-corrected chi connectivity index (χ3v) is 3.37. The summed E-state index contributed by atoms with van der Waals surface area (Å²) in [6.45, 7) is 1.59. The van der Waals surface area contributed by atoms with E-state index in [1.807, 2.05) is 24.3 Å². The van der Waals surface area contributed by atoms with Crippen LogP contribution in [-0.4, -0.2) is 37.3 Å². The van der Waals surface area contributed by atoms with Gasteiger partial charge in [-0.3, -0.25) is 0 Å². The molecule has 2 amide bonds. The predicted octanol–water partition coefficient (Wildman–Crippen LogP) is 2.53. The van der Waals surface area contributed by atoms with Gasteiger partial charge in [0, 0.05) is 19.6 Å². The van der Waals surface area contributed by atoms with Crippen molar-refractivity contribution in [3.8, 4) is 5.75 Å². The van der Waals surface area contributed by atoms with Crippen LogP contribution in [0, 0.1) is 0 Å². The zero-order valence-electron chi connectivity index (χ0n) is 12.1. The summed E-state index contributed by atoms with van der Waals surface area (Å²) in [5, 5.41) is 2.56. The molecular formula is C15H20N2O4. The SMILES string of the molecule is COc1cccc(CNC(=O)OC(=O)N2CCCCC2)c1. The van der Waals surface area contributed by atoms with Crippen LogP contribution in [0.15, 0.2) is 24.3 Å². The average molecular weight is 292 g/mol. The highest BCUT2D eigenvalue weighted by atomic mass is 16.6. The standard InChI is InChI=1S/C15H20N2O4/c1-20-13-7-5-6-12(10-13)11-16-14(18)21-15(19)17-8-3-2-4-9-17/h5-7,10H,2-4,8-9,11H2,1H3,(H,16,18). The lowest BCUT2D eigenvalue weighted by Gasteiger charge is -2.25. The van der Waals surface area contributed by atoms with Crippen LogP contribution < -0.4 is 10.1 Å². The number of rotatable bonds is 3. The molecule has 1 aliphatic rings. The molecule has 1 aromatic rings. The summed E-state index contributed by atoms with van der Waals surface area (Å²) in [6, 6.07) is 7.32. The van der Waals surface area contributed by atoms with E-state index in [1.165, 1.54) is 0 Å². The van der Waals surface area contributed by atoms with Gasteiger partial charge in [0.15, 0.2) is 0 Å². The maximum Gasteiger partial charge on any atom is 0.418 e. The minimum atomic E-state index is -0.728. The highest BCUT2D eigenvalue weighted by Crippen LogP contribution is 2.12. The largest absolute Gasteiger partial charge is 0.497 e. The number of piperidine rings is 1. The number of carbonyl (C=O) groups excluding carboxylic acids is 2. The molecule has 0 saturated carbocycles. The third kappa shape index (κ3) is 4.66. The fourth-order valence-corrected chi connectivity index (χ4v) is 2.21. The van der Waals surface area contributed by atoms with Gasteiger partial charge in [-0.15, -0.1) is 0 Å². The second kappa shape index (κ2) is 7.52. The normalized spacial score (nSPS) is 14.4. The minimum absolute atomic E-state index is 0.281. The van der Waals surface area contributed by atoms with E-state index in [1.54, 1.807) is 12.0 Å². The third-order valence-electron chi connectivity index (χ3n) is 3.37. The first kappa shape index (κ1) is 15.2. The Morgan fingerprint density at radius 1 is 1.24 bits per heavy atom. The van der Waals surface area contributed by atoms with Crippen LogP contribution in [0.25, 0.3) is 0 Å². The highest BCUT2D eigenvalue weighted by molar-refractivity contribution is 5.83. The maximum atomic E-state index is 11.7. The molecule has 0 bridgehead atoms. The number of alkyl carbamates (subject to hydrolysis) is 1. The second-order valence-electron chi connectivity index (χ2n) is 4.91. The van der Waals surface area contributed by atoms with Crippen molar-refractivity contribution >= 4 is 12.2 Å². The topological polar surface area (TPSA) is 67.9 Å². The number of methoxy groups -OCH3 is 1. The molecule has 1 aliphatic heterocycles. The Bertz CT molecular complexity index is 498. The van der Waals surface area contributed by atoms with E-state index >= 15 is 0 Å². The molecule has 1 N–H and O–H groups in total. The van der Waals surface area contributed by atoms with Crippen molar-refractivity contribution in [2.75, 3.05) is 20.2 Å².